The number of halogens is 1. The number of hydrogen-bond donors (Lipinski definition) is 3. The van der Waals surface area contributed by atoms with Crippen LogP contribution in [-0.2, 0) is 21.4 Å². The molecule has 0 spiro atoms. The summed E-state index contributed by atoms with van der Waals surface area (Å²) in [7, 11) is -3.91. The Morgan fingerprint density at radius 2 is 1.59 bits per heavy atom. The number of benzene rings is 2. The van der Waals surface area contributed by atoms with Crippen LogP contribution < -0.4 is 29.6 Å². The molecular weight excluding hydrogens is 558 g/mol. The molecule has 8 nitrogen and oxygen atoms in total. The van der Waals surface area contributed by atoms with Crippen LogP contribution in [0.4, 0.5) is 4.39 Å². The van der Waals surface area contributed by atoms with Gasteiger partial charge in [-0.1, -0.05) is 44.2 Å². The zero-order chi connectivity index (χ0) is 29.0. The number of hydrogen-bond acceptors (Lipinski definition) is 5. The molecule has 2 atom stereocenters. The minimum Gasteiger partial charge on any atom is -1.00 e. The smallest absolute Gasteiger partial charge is 1.00 e. The third-order valence-electron chi connectivity index (χ3n) is 7.29. The molecule has 1 saturated heterocycles. The average molecular weight is 597 g/mol. The second kappa shape index (κ2) is 14.4. The number of rotatable bonds is 12. The summed E-state index contributed by atoms with van der Waals surface area (Å²) < 4.78 is 46.0. The summed E-state index contributed by atoms with van der Waals surface area (Å²) in [5.74, 6) is -1.80. The Hall–Kier alpha value is -2.05. The van der Waals surface area contributed by atoms with E-state index in [0.29, 0.717) is 41.2 Å². The van der Waals surface area contributed by atoms with Gasteiger partial charge >= 0.3 is 35.5 Å². The number of aliphatic hydroxyl groups is 2. The fraction of sp³-hybridized carbons (Fsp3) is 0.433. The molecule has 0 unspecified atom stereocenters. The van der Waals surface area contributed by atoms with E-state index in [-0.39, 0.29) is 61.2 Å². The molecule has 0 radical (unpaired) electrons. The zero-order valence-electron chi connectivity index (χ0n) is 24.8. The van der Waals surface area contributed by atoms with E-state index in [9.17, 15) is 27.8 Å². The van der Waals surface area contributed by atoms with Gasteiger partial charge in [0.05, 0.1) is 24.3 Å². The molecule has 3 aromatic rings. The van der Waals surface area contributed by atoms with Crippen LogP contribution in [0.2, 0.25) is 0 Å². The van der Waals surface area contributed by atoms with Crippen LogP contribution in [0.3, 0.4) is 0 Å². The van der Waals surface area contributed by atoms with Crippen molar-refractivity contribution >= 4 is 16.0 Å². The van der Waals surface area contributed by atoms with E-state index in [1.165, 1.54) is 16.4 Å². The van der Waals surface area contributed by atoms with Gasteiger partial charge in [-0.2, -0.15) is 4.31 Å². The largest absolute Gasteiger partial charge is 1.00 e. The van der Waals surface area contributed by atoms with E-state index in [1.807, 2.05) is 48.7 Å². The van der Waals surface area contributed by atoms with Crippen LogP contribution in [0.1, 0.15) is 59.0 Å². The van der Waals surface area contributed by atoms with Crippen LogP contribution >= 0.6 is 0 Å². The molecule has 3 N–H and O–H groups in total. The normalized spacial score (nSPS) is 15.6. The van der Waals surface area contributed by atoms with E-state index in [1.54, 1.807) is 12.1 Å². The van der Waals surface area contributed by atoms with Gasteiger partial charge in [-0.25, -0.2) is 12.8 Å². The first-order valence-electron chi connectivity index (χ1n) is 13.7. The number of aliphatic hydroxyl groups excluding tert-OH is 2. The van der Waals surface area contributed by atoms with Gasteiger partial charge in [0.1, 0.15) is 10.7 Å². The molecular formula is C30H38FN2NaO6S. The van der Waals surface area contributed by atoms with Gasteiger partial charge in [0.15, 0.2) is 0 Å². The Kier molecular flexibility index (Phi) is 11.8. The first kappa shape index (κ1) is 33.5. The minimum absolute atomic E-state index is 0. The van der Waals surface area contributed by atoms with Crippen molar-refractivity contribution in [2.24, 2.45) is 0 Å². The van der Waals surface area contributed by atoms with Gasteiger partial charge < -0.3 is 21.3 Å². The van der Waals surface area contributed by atoms with E-state index in [0.717, 1.165) is 12.8 Å². The first-order chi connectivity index (χ1) is 19.0. The van der Waals surface area contributed by atoms with E-state index in [2.05, 4.69) is 0 Å². The topological polar surface area (TPSA) is 120 Å². The zero-order valence-corrected chi connectivity index (χ0v) is 26.6. The van der Waals surface area contributed by atoms with Crippen molar-refractivity contribution in [2.45, 2.75) is 75.5 Å². The molecule has 41 heavy (non-hydrogen) atoms. The van der Waals surface area contributed by atoms with Gasteiger partial charge in [-0.15, -0.1) is 0 Å². The molecule has 0 amide bonds. The molecule has 0 bridgehead atoms. The fourth-order valence-corrected chi connectivity index (χ4v) is 7.59. The van der Waals surface area contributed by atoms with Crippen molar-refractivity contribution in [1.82, 2.24) is 8.87 Å². The summed E-state index contributed by atoms with van der Waals surface area (Å²) in [5.41, 5.74) is 3.06. The average Bonchev–Trinajstić information content (AvgIpc) is 3.56. The third-order valence-corrected chi connectivity index (χ3v) is 9.26. The Morgan fingerprint density at radius 3 is 2.15 bits per heavy atom. The Morgan fingerprint density at radius 1 is 0.976 bits per heavy atom. The molecule has 4 rings (SSSR count). The number of nitrogens with zero attached hydrogens (tertiary/aromatic N) is 2. The molecule has 11 heteroatoms. The maximum atomic E-state index is 14.3. The third kappa shape index (κ3) is 7.67. The maximum absolute atomic E-state index is 14.3. The number of aromatic nitrogens is 1. The molecule has 1 fully saturated rings. The van der Waals surface area contributed by atoms with Crippen LogP contribution in [0.15, 0.2) is 59.5 Å². The molecule has 218 valence electrons. The van der Waals surface area contributed by atoms with Gasteiger partial charge in [0.2, 0.25) is 10.0 Å². The van der Waals surface area contributed by atoms with Crippen molar-refractivity contribution in [3.05, 3.63) is 66.1 Å². The quantitative estimate of drug-likeness (QED) is 0.275. The predicted molar refractivity (Wildman–Crippen MR) is 152 cm³/mol. The summed E-state index contributed by atoms with van der Waals surface area (Å²) in [6.45, 7) is 4.92. The SMILES string of the molecule is CC(C)c1c(S(=O)(=O)N2CCCC2)c(-c2ccccc2)c(-c2ccc(F)cc2)n1CC[C@@H](O)C[C@@H](O)CC(=O)O.[H-].[Na+]. The molecule has 0 aliphatic carbocycles. The van der Waals surface area contributed by atoms with Crippen molar-refractivity contribution in [3.8, 4) is 22.4 Å². The second-order valence-corrected chi connectivity index (χ2v) is 12.5. The summed E-state index contributed by atoms with van der Waals surface area (Å²) in [6.07, 6.45) is -1.10. The summed E-state index contributed by atoms with van der Waals surface area (Å²) in [6, 6.07) is 15.2. The number of carboxylic acids is 1. The summed E-state index contributed by atoms with van der Waals surface area (Å²) >= 11 is 0. The van der Waals surface area contributed by atoms with Crippen LogP contribution in [-0.4, -0.2) is 63.9 Å². The van der Waals surface area contributed by atoms with E-state index >= 15 is 0 Å². The van der Waals surface area contributed by atoms with Gasteiger partial charge in [-0.3, -0.25) is 4.79 Å². The van der Waals surface area contributed by atoms with E-state index < -0.39 is 40.4 Å². The molecule has 1 aliphatic heterocycles. The van der Waals surface area contributed by atoms with Crippen LogP contribution in [0.5, 0.6) is 0 Å². The van der Waals surface area contributed by atoms with Crippen molar-refractivity contribution < 1.29 is 63.9 Å². The summed E-state index contributed by atoms with van der Waals surface area (Å²) in [5, 5.41) is 29.7. The van der Waals surface area contributed by atoms with E-state index in [4.69, 9.17) is 5.11 Å². The minimum atomic E-state index is -3.91. The molecule has 0 saturated carbocycles. The van der Waals surface area contributed by atoms with Gasteiger partial charge in [0.25, 0.3) is 0 Å². The predicted octanol–water partition coefficient (Wildman–Crippen LogP) is 1.96. The molecule has 2 aromatic carbocycles. The van der Waals surface area contributed by atoms with Gasteiger partial charge in [0, 0.05) is 30.9 Å². The monoisotopic (exact) mass is 596 g/mol. The number of carbonyl (C=O) groups is 1. The van der Waals surface area contributed by atoms with Crippen LogP contribution in [0.25, 0.3) is 22.4 Å². The van der Waals surface area contributed by atoms with Crippen molar-refractivity contribution in [1.29, 1.82) is 0 Å². The Labute approximate surface area is 264 Å². The fourth-order valence-electron chi connectivity index (χ4n) is 5.51. The number of aliphatic carboxylic acids is 1. The number of carboxylic acid groups (broad SMARTS) is 1. The Bertz CT molecular complexity index is 1430. The molecule has 2 heterocycles. The first-order valence-corrected chi connectivity index (χ1v) is 15.1. The van der Waals surface area contributed by atoms with Crippen molar-refractivity contribution in [3.63, 3.8) is 0 Å². The molecule has 1 aromatic heterocycles. The Balaban J connectivity index is 0.00000308. The molecule has 1 aliphatic rings. The van der Waals surface area contributed by atoms with Gasteiger partial charge in [-0.05, 0) is 67.0 Å². The standard InChI is InChI=1S/C30H37FN2O6S.Na.H/c1-20(2)28-30(40(38,39)32-15-6-7-16-32)27(21-8-4-3-5-9-21)29(22-10-12-23(31)13-11-22)33(28)17-14-24(34)18-25(35)19-26(36)37;;/h3-5,8-13,20,24-25,34-35H,6-7,14-19H2,1-2H3,(H,36,37);;/q;+1;-1/t24-,25-;;/m1../s1. The maximum Gasteiger partial charge on any atom is 1.00 e. The van der Waals surface area contributed by atoms with Crippen LogP contribution in [0, 0.1) is 5.82 Å². The summed E-state index contributed by atoms with van der Waals surface area (Å²) in [4.78, 5) is 11.2. The number of sulfonamides is 1. The second-order valence-electron chi connectivity index (χ2n) is 10.7. The van der Waals surface area contributed by atoms with Crippen molar-refractivity contribution in [2.75, 3.05) is 13.1 Å².